The monoisotopic (exact) mass is 224 g/mol. The van der Waals surface area contributed by atoms with Crippen LogP contribution in [0, 0.1) is 5.92 Å². The third kappa shape index (κ3) is 3.70. The van der Waals surface area contributed by atoms with Gasteiger partial charge in [-0.05, 0) is 25.3 Å². The summed E-state index contributed by atoms with van der Waals surface area (Å²) in [6.45, 7) is 1.16. The number of hydrogen-bond donors (Lipinski definition) is 1. The molecule has 1 fully saturated rings. The molecule has 0 aromatic heterocycles. The fourth-order valence-electron chi connectivity index (χ4n) is 1.91. The molecule has 2 N–H and O–H groups in total. The zero-order valence-electron chi connectivity index (χ0n) is 8.55. The second-order valence-corrected chi connectivity index (χ2v) is 4.13. The maximum atomic E-state index is 12.2. The first-order chi connectivity index (χ1) is 6.79. The number of likely N-dealkylation sites (tertiary alicyclic amines) is 1. The number of nitrogens with zero attached hydrogens (tertiary/aromatic N) is 1. The van der Waals surface area contributed by atoms with Crippen molar-refractivity contribution in [2.75, 3.05) is 13.1 Å². The van der Waals surface area contributed by atoms with Crippen LogP contribution in [0.3, 0.4) is 0 Å². The van der Waals surface area contributed by atoms with Gasteiger partial charge in [-0.3, -0.25) is 9.69 Å². The van der Waals surface area contributed by atoms with E-state index in [1.54, 1.807) is 0 Å². The minimum Gasteiger partial charge on any atom is -0.368 e. The number of primary amides is 1. The van der Waals surface area contributed by atoms with E-state index in [1.807, 2.05) is 6.92 Å². The van der Waals surface area contributed by atoms with E-state index in [1.165, 1.54) is 0 Å². The van der Waals surface area contributed by atoms with Gasteiger partial charge >= 0.3 is 6.18 Å². The lowest BCUT2D eigenvalue weighted by Gasteiger charge is -2.36. The Morgan fingerprint density at radius 1 is 1.53 bits per heavy atom. The lowest BCUT2D eigenvalue weighted by Crippen LogP contribution is -2.52. The van der Waals surface area contributed by atoms with Crippen molar-refractivity contribution in [2.45, 2.75) is 32.0 Å². The summed E-state index contributed by atoms with van der Waals surface area (Å²) in [7, 11) is 0. The Labute approximate surface area is 86.4 Å². The van der Waals surface area contributed by atoms with Gasteiger partial charge in [0.25, 0.3) is 0 Å². The summed E-state index contributed by atoms with van der Waals surface area (Å²) < 4.78 is 36.5. The van der Waals surface area contributed by atoms with Crippen molar-refractivity contribution in [3.63, 3.8) is 0 Å². The van der Waals surface area contributed by atoms with Gasteiger partial charge in [0.05, 0.1) is 12.6 Å². The number of halogens is 3. The Morgan fingerprint density at radius 2 is 2.13 bits per heavy atom. The number of alkyl halides is 3. The number of amides is 1. The number of carbonyl (C=O) groups is 1. The third-order valence-electron chi connectivity index (χ3n) is 2.69. The molecule has 6 heteroatoms. The largest absolute Gasteiger partial charge is 0.401 e. The Balaban J connectivity index is 2.65. The Morgan fingerprint density at radius 3 is 2.60 bits per heavy atom. The molecular formula is C9H15F3N2O. The van der Waals surface area contributed by atoms with E-state index in [9.17, 15) is 18.0 Å². The topological polar surface area (TPSA) is 46.3 Å². The molecule has 1 amide bonds. The second kappa shape index (κ2) is 4.38. The maximum absolute atomic E-state index is 12.2. The van der Waals surface area contributed by atoms with Gasteiger partial charge in [0.2, 0.25) is 5.91 Å². The van der Waals surface area contributed by atoms with E-state index >= 15 is 0 Å². The fourth-order valence-corrected chi connectivity index (χ4v) is 1.91. The smallest absolute Gasteiger partial charge is 0.368 e. The summed E-state index contributed by atoms with van der Waals surface area (Å²) in [4.78, 5) is 12.1. The van der Waals surface area contributed by atoms with Crippen LogP contribution in [0.1, 0.15) is 19.8 Å². The molecule has 0 radical (unpaired) electrons. The summed E-state index contributed by atoms with van der Waals surface area (Å²) in [5.41, 5.74) is 5.09. The molecule has 0 aromatic carbocycles. The standard InChI is InChI=1S/C9H15F3N2O/c1-6-2-3-14(5-9(10,11)12)7(4-6)8(13)15/h6-7H,2-5H2,1H3,(H2,13,15). The van der Waals surface area contributed by atoms with E-state index in [0.29, 0.717) is 12.8 Å². The molecule has 15 heavy (non-hydrogen) atoms. The zero-order valence-corrected chi connectivity index (χ0v) is 8.55. The minimum atomic E-state index is -4.27. The van der Waals surface area contributed by atoms with Gasteiger partial charge in [-0.1, -0.05) is 6.92 Å². The van der Waals surface area contributed by atoms with Crippen LogP contribution < -0.4 is 5.73 Å². The van der Waals surface area contributed by atoms with Crippen LogP contribution in [0.25, 0.3) is 0 Å². The van der Waals surface area contributed by atoms with Gasteiger partial charge in [0, 0.05) is 0 Å². The number of piperidine rings is 1. The highest BCUT2D eigenvalue weighted by atomic mass is 19.4. The zero-order chi connectivity index (χ0) is 11.6. The van der Waals surface area contributed by atoms with Crippen molar-refractivity contribution in [2.24, 2.45) is 11.7 Å². The summed E-state index contributed by atoms with van der Waals surface area (Å²) in [6, 6.07) is -0.768. The van der Waals surface area contributed by atoms with Crippen molar-refractivity contribution in [1.82, 2.24) is 4.90 Å². The highest BCUT2D eigenvalue weighted by molar-refractivity contribution is 5.80. The summed E-state index contributed by atoms with van der Waals surface area (Å²) in [6.07, 6.45) is -3.17. The van der Waals surface area contributed by atoms with Gasteiger partial charge < -0.3 is 5.73 Å². The average molecular weight is 224 g/mol. The van der Waals surface area contributed by atoms with Gasteiger partial charge in [-0.15, -0.1) is 0 Å². The SMILES string of the molecule is CC1CCN(CC(F)(F)F)C(C(N)=O)C1. The summed E-state index contributed by atoms with van der Waals surface area (Å²) >= 11 is 0. The van der Waals surface area contributed by atoms with E-state index in [4.69, 9.17) is 5.73 Å². The highest BCUT2D eigenvalue weighted by Gasteiger charge is 2.38. The van der Waals surface area contributed by atoms with Crippen molar-refractivity contribution < 1.29 is 18.0 Å². The predicted octanol–water partition coefficient (Wildman–Crippen LogP) is 1.13. The Hall–Kier alpha value is -0.780. The molecular weight excluding hydrogens is 209 g/mol. The average Bonchev–Trinajstić information content (AvgIpc) is 2.05. The molecule has 1 rings (SSSR count). The van der Waals surface area contributed by atoms with E-state index in [0.717, 1.165) is 4.90 Å². The molecule has 0 aromatic rings. The first-order valence-electron chi connectivity index (χ1n) is 4.89. The van der Waals surface area contributed by atoms with Gasteiger partial charge in [-0.25, -0.2) is 0 Å². The third-order valence-corrected chi connectivity index (χ3v) is 2.69. The van der Waals surface area contributed by atoms with Gasteiger partial charge in [0.1, 0.15) is 0 Å². The Kier molecular flexibility index (Phi) is 3.59. The predicted molar refractivity (Wildman–Crippen MR) is 49.0 cm³/mol. The molecule has 3 nitrogen and oxygen atoms in total. The summed E-state index contributed by atoms with van der Waals surface area (Å²) in [5, 5.41) is 0. The number of rotatable bonds is 2. The molecule has 2 unspecified atom stereocenters. The molecule has 1 heterocycles. The van der Waals surface area contributed by atoms with E-state index in [-0.39, 0.29) is 12.5 Å². The van der Waals surface area contributed by atoms with Gasteiger partial charge in [-0.2, -0.15) is 13.2 Å². The van der Waals surface area contributed by atoms with Crippen LogP contribution in [0.5, 0.6) is 0 Å². The minimum absolute atomic E-state index is 0.256. The normalized spacial score (nSPS) is 29.1. The first-order valence-corrected chi connectivity index (χ1v) is 4.89. The molecule has 0 saturated carbocycles. The van der Waals surface area contributed by atoms with E-state index < -0.39 is 24.7 Å². The molecule has 0 spiro atoms. The Bertz CT molecular complexity index is 242. The summed E-state index contributed by atoms with van der Waals surface area (Å²) in [5.74, 6) is -0.405. The van der Waals surface area contributed by atoms with Crippen molar-refractivity contribution >= 4 is 5.91 Å². The van der Waals surface area contributed by atoms with Gasteiger partial charge in [0.15, 0.2) is 0 Å². The number of nitrogens with two attached hydrogens (primary N) is 1. The fraction of sp³-hybridized carbons (Fsp3) is 0.889. The second-order valence-electron chi connectivity index (χ2n) is 4.13. The van der Waals surface area contributed by atoms with Crippen LogP contribution in [-0.2, 0) is 4.79 Å². The number of carbonyl (C=O) groups excluding carboxylic acids is 1. The first kappa shape index (κ1) is 12.3. The molecule has 1 aliphatic rings. The molecule has 1 saturated heterocycles. The van der Waals surface area contributed by atoms with Crippen LogP contribution in [-0.4, -0.2) is 36.1 Å². The van der Waals surface area contributed by atoms with Crippen LogP contribution in [0.4, 0.5) is 13.2 Å². The molecule has 1 aliphatic heterocycles. The van der Waals surface area contributed by atoms with Crippen molar-refractivity contribution in [3.05, 3.63) is 0 Å². The van der Waals surface area contributed by atoms with Crippen molar-refractivity contribution in [3.8, 4) is 0 Å². The quantitative estimate of drug-likeness (QED) is 0.764. The van der Waals surface area contributed by atoms with Crippen molar-refractivity contribution in [1.29, 1.82) is 0 Å². The maximum Gasteiger partial charge on any atom is 0.401 e. The lowest BCUT2D eigenvalue weighted by atomic mass is 9.92. The molecule has 0 bridgehead atoms. The highest BCUT2D eigenvalue weighted by Crippen LogP contribution is 2.26. The number of hydrogen-bond acceptors (Lipinski definition) is 2. The molecule has 0 aliphatic carbocycles. The van der Waals surface area contributed by atoms with E-state index in [2.05, 4.69) is 0 Å². The lowest BCUT2D eigenvalue weighted by molar-refractivity contribution is -0.158. The van der Waals surface area contributed by atoms with Crippen LogP contribution in [0.2, 0.25) is 0 Å². The molecule has 88 valence electrons. The van der Waals surface area contributed by atoms with Crippen LogP contribution >= 0.6 is 0 Å². The van der Waals surface area contributed by atoms with Crippen LogP contribution in [0.15, 0.2) is 0 Å². The molecule has 2 atom stereocenters.